The number of likely N-dealkylation sites (tertiary alicyclic amines) is 1. The number of carbonyl (C=O) groups is 2. The Morgan fingerprint density at radius 2 is 2.00 bits per heavy atom. The van der Waals surface area contributed by atoms with Crippen LogP contribution in [0, 0.1) is 0 Å². The standard InChI is InChI=1S/C23H35N3O4/c1-17(24-22(28)30-23(2,3)4)16-26(13-12-25-10-5-6-11-25)21(27)19-7-8-20-18(15-19)9-14-29-20/h7-8,15,17H,5-6,9-14,16H2,1-4H3,(H,24,28)/p+1/t17-/m1/s1. The molecule has 30 heavy (non-hydrogen) atoms. The van der Waals surface area contributed by atoms with Gasteiger partial charge in [-0.1, -0.05) is 0 Å². The van der Waals surface area contributed by atoms with Crippen LogP contribution in [-0.4, -0.2) is 67.9 Å². The second kappa shape index (κ2) is 9.69. The zero-order chi connectivity index (χ0) is 21.7. The fraction of sp³-hybridized carbons (Fsp3) is 0.652. The number of rotatable bonds is 7. The molecule has 2 N–H and O–H groups in total. The Morgan fingerprint density at radius 1 is 1.27 bits per heavy atom. The summed E-state index contributed by atoms with van der Waals surface area (Å²) >= 11 is 0. The highest BCUT2D eigenvalue weighted by Crippen LogP contribution is 2.26. The van der Waals surface area contributed by atoms with Crippen LogP contribution in [0.4, 0.5) is 4.79 Å². The van der Waals surface area contributed by atoms with E-state index in [0.29, 0.717) is 25.3 Å². The van der Waals surface area contributed by atoms with E-state index in [0.717, 1.165) is 24.3 Å². The van der Waals surface area contributed by atoms with Crippen molar-refractivity contribution in [3.63, 3.8) is 0 Å². The van der Waals surface area contributed by atoms with Crippen molar-refractivity contribution in [2.75, 3.05) is 39.3 Å². The molecular weight excluding hydrogens is 382 g/mol. The fourth-order valence-corrected chi connectivity index (χ4v) is 4.08. The first kappa shape index (κ1) is 22.4. The fourth-order valence-electron chi connectivity index (χ4n) is 4.08. The monoisotopic (exact) mass is 418 g/mol. The first-order chi connectivity index (χ1) is 14.2. The number of carbonyl (C=O) groups excluding carboxylic acids is 2. The highest BCUT2D eigenvalue weighted by atomic mass is 16.6. The predicted molar refractivity (Wildman–Crippen MR) is 115 cm³/mol. The molecule has 3 rings (SSSR count). The molecule has 2 aliphatic heterocycles. The van der Waals surface area contributed by atoms with Crippen LogP contribution >= 0.6 is 0 Å². The third-order valence-corrected chi connectivity index (χ3v) is 5.53. The zero-order valence-corrected chi connectivity index (χ0v) is 18.8. The summed E-state index contributed by atoms with van der Waals surface area (Å²) in [6, 6.07) is 5.47. The second-order valence-electron chi connectivity index (χ2n) is 9.43. The Morgan fingerprint density at radius 3 is 2.70 bits per heavy atom. The van der Waals surface area contributed by atoms with Crippen LogP contribution in [-0.2, 0) is 11.2 Å². The summed E-state index contributed by atoms with van der Waals surface area (Å²) < 4.78 is 10.9. The van der Waals surface area contributed by atoms with Crippen LogP contribution < -0.4 is 15.0 Å². The number of hydrogen-bond acceptors (Lipinski definition) is 4. The number of alkyl carbamates (subject to hydrolysis) is 1. The van der Waals surface area contributed by atoms with Crippen molar-refractivity contribution in [3.05, 3.63) is 29.3 Å². The molecule has 0 aliphatic carbocycles. The van der Waals surface area contributed by atoms with Gasteiger partial charge in [0.2, 0.25) is 0 Å². The topological polar surface area (TPSA) is 72.3 Å². The summed E-state index contributed by atoms with van der Waals surface area (Å²) in [6.07, 6.45) is 2.89. The van der Waals surface area contributed by atoms with E-state index in [2.05, 4.69) is 5.32 Å². The number of hydrogen-bond donors (Lipinski definition) is 2. The van der Waals surface area contributed by atoms with Gasteiger partial charge in [0.15, 0.2) is 0 Å². The molecule has 2 amide bonds. The minimum Gasteiger partial charge on any atom is -0.493 e. The van der Waals surface area contributed by atoms with Crippen LogP contribution in [0.1, 0.15) is 56.5 Å². The van der Waals surface area contributed by atoms with Gasteiger partial charge in [-0.3, -0.25) is 4.79 Å². The van der Waals surface area contributed by atoms with Crippen LogP contribution in [0.25, 0.3) is 0 Å². The highest BCUT2D eigenvalue weighted by molar-refractivity contribution is 5.94. The number of nitrogens with zero attached hydrogens (tertiary/aromatic N) is 1. The van der Waals surface area contributed by atoms with Crippen LogP contribution in [0.5, 0.6) is 5.75 Å². The number of benzene rings is 1. The van der Waals surface area contributed by atoms with Crippen molar-refractivity contribution >= 4 is 12.0 Å². The average Bonchev–Trinajstić information content (AvgIpc) is 3.33. The predicted octanol–water partition coefficient (Wildman–Crippen LogP) is 1.66. The molecule has 0 spiro atoms. The SMILES string of the molecule is C[C@H](CN(CC[NH+]1CCCC1)C(=O)c1ccc2c(c1)CCO2)NC(=O)OC(C)(C)C. The molecule has 166 valence electrons. The molecule has 0 radical (unpaired) electrons. The summed E-state index contributed by atoms with van der Waals surface area (Å²) in [7, 11) is 0. The summed E-state index contributed by atoms with van der Waals surface area (Å²) in [5.41, 5.74) is 1.22. The maximum atomic E-state index is 13.3. The van der Waals surface area contributed by atoms with Gasteiger partial charge in [0.1, 0.15) is 11.4 Å². The molecule has 7 nitrogen and oxygen atoms in total. The second-order valence-corrected chi connectivity index (χ2v) is 9.43. The van der Waals surface area contributed by atoms with E-state index >= 15 is 0 Å². The molecule has 1 saturated heterocycles. The molecular formula is C23H36N3O4+. The lowest BCUT2D eigenvalue weighted by atomic mass is 10.1. The number of ether oxygens (including phenoxy) is 2. The largest absolute Gasteiger partial charge is 0.493 e. The van der Waals surface area contributed by atoms with Gasteiger partial charge >= 0.3 is 6.09 Å². The maximum absolute atomic E-state index is 13.3. The van der Waals surface area contributed by atoms with E-state index in [1.807, 2.05) is 50.8 Å². The molecule has 2 heterocycles. The normalized spacial score (nSPS) is 17.2. The van der Waals surface area contributed by atoms with Gasteiger partial charge in [-0.25, -0.2) is 4.79 Å². The summed E-state index contributed by atoms with van der Waals surface area (Å²) in [4.78, 5) is 28.9. The number of fused-ring (bicyclic) bond motifs is 1. The molecule has 1 atom stereocenters. The summed E-state index contributed by atoms with van der Waals surface area (Å²) in [6.45, 7) is 12.5. The van der Waals surface area contributed by atoms with Crippen molar-refractivity contribution in [1.82, 2.24) is 10.2 Å². The van der Waals surface area contributed by atoms with Gasteiger partial charge in [0.25, 0.3) is 5.91 Å². The summed E-state index contributed by atoms with van der Waals surface area (Å²) in [5, 5.41) is 2.86. The minimum atomic E-state index is -0.551. The van der Waals surface area contributed by atoms with E-state index in [1.165, 1.54) is 25.9 Å². The van der Waals surface area contributed by atoms with Crippen LogP contribution in [0.15, 0.2) is 18.2 Å². The van der Waals surface area contributed by atoms with Gasteiger partial charge in [-0.15, -0.1) is 0 Å². The molecule has 0 unspecified atom stereocenters. The number of quaternary nitrogens is 1. The Hall–Kier alpha value is -2.28. The Bertz CT molecular complexity index is 753. The van der Waals surface area contributed by atoms with Crippen molar-refractivity contribution in [3.8, 4) is 5.75 Å². The smallest absolute Gasteiger partial charge is 0.407 e. The van der Waals surface area contributed by atoms with Gasteiger partial charge in [0.05, 0.1) is 32.8 Å². The highest BCUT2D eigenvalue weighted by Gasteiger charge is 2.25. The molecule has 7 heteroatoms. The third-order valence-electron chi connectivity index (χ3n) is 5.53. The maximum Gasteiger partial charge on any atom is 0.407 e. The minimum absolute atomic E-state index is 0.00105. The van der Waals surface area contributed by atoms with Crippen molar-refractivity contribution in [2.45, 2.75) is 58.6 Å². The van der Waals surface area contributed by atoms with Gasteiger partial charge < -0.3 is 24.6 Å². The van der Waals surface area contributed by atoms with Crippen LogP contribution in [0.3, 0.4) is 0 Å². The Kier molecular flexibility index (Phi) is 7.23. The van der Waals surface area contributed by atoms with E-state index in [-0.39, 0.29) is 11.9 Å². The van der Waals surface area contributed by atoms with Crippen molar-refractivity contribution < 1.29 is 24.0 Å². The lowest BCUT2D eigenvalue weighted by molar-refractivity contribution is -0.886. The molecule has 0 aromatic heterocycles. The van der Waals surface area contributed by atoms with E-state index in [1.54, 1.807) is 4.90 Å². The first-order valence-electron chi connectivity index (χ1n) is 11.1. The first-order valence-corrected chi connectivity index (χ1v) is 11.1. The molecule has 1 aromatic rings. The lowest BCUT2D eigenvalue weighted by Crippen LogP contribution is -3.10. The lowest BCUT2D eigenvalue weighted by Gasteiger charge is -2.28. The van der Waals surface area contributed by atoms with Gasteiger partial charge in [-0.2, -0.15) is 0 Å². The van der Waals surface area contributed by atoms with Gasteiger partial charge in [0, 0.05) is 37.4 Å². The van der Waals surface area contributed by atoms with E-state index < -0.39 is 11.7 Å². The van der Waals surface area contributed by atoms with Gasteiger partial charge in [-0.05, 0) is 51.5 Å². The molecule has 1 aromatic carbocycles. The quantitative estimate of drug-likeness (QED) is 0.706. The van der Waals surface area contributed by atoms with Crippen molar-refractivity contribution in [1.29, 1.82) is 0 Å². The van der Waals surface area contributed by atoms with E-state index in [4.69, 9.17) is 9.47 Å². The zero-order valence-electron chi connectivity index (χ0n) is 18.8. The average molecular weight is 419 g/mol. The summed E-state index contributed by atoms with van der Waals surface area (Å²) in [5.74, 6) is 0.876. The Labute approximate surface area is 179 Å². The van der Waals surface area contributed by atoms with Crippen LogP contribution in [0.2, 0.25) is 0 Å². The van der Waals surface area contributed by atoms with Crippen molar-refractivity contribution in [2.24, 2.45) is 0 Å². The Balaban J connectivity index is 1.66. The molecule has 0 saturated carbocycles. The molecule has 1 fully saturated rings. The number of nitrogens with one attached hydrogen (secondary N) is 2. The van der Waals surface area contributed by atoms with E-state index in [9.17, 15) is 9.59 Å². The molecule has 0 bridgehead atoms. The third kappa shape index (κ3) is 6.36. The molecule has 2 aliphatic rings. The number of amides is 2.